The van der Waals surface area contributed by atoms with E-state index in [1.807, 2.05) is 11.4 Å². The van der Waals surface area contributed by atoms with Crippen LogP contribution < -0.4 is 4.74 Å². The van der Waals surface area contributed by atoms with Crippen molar-refractivity contribution < 1.29 is 14.2 Å². The largest absolute Gasteiger partial charge is 0.484 e. The molecular weight excluding hydrogens is 319 g/mol. The number of fused-ring (bicyclic) bond motifs is 1. The van der Waals surface area contributed by atoms with Gasteiger partial charge in [0, 0.05) is 22.5 Å². The molecule has 0 bridgehead atoms. The number of aliphatic hydroxyl groups excluding tert-OH is 1. The van der Waals surface area contributed by atoms with Gasteiger partial charge in [0.2, 0.25) is 0 Å². The first-order valence-corrected chi connectivity index (χ1v) is 7.19. The van der Waals surface area contributed by atoms with Crippen LogP contribution in [-0.4, -0.2) is 5.11 Å². The molecular formula is C13H10BrFO2S. The Morgan fingerprint density at radius 1 is 1.39 bits per heavy atom. The molecule has 2 nitrogen and oxygen atoms in total. The van der Waals surface area contributed by atoms with E-state index in [-0.39, 0.29) is 11.9 Å². The van der Waals surface area contributed by atoms with Crippen molar-refractivity contribution in [3.05, 3.63) is 50.4 Å². The summed E-state index contributed by atoms with van der Waals surface area (Å²) < 4.78 is 20.0. The van der Waals surface area contributed by atoms with Crippen LogP contribution in [-0.2, 0) is 0 Å². The molecule has 2 heterocycles. The monoisotopic (exact) mass is 328 g/mol. The Hall–Kier alpha value is -0.910. The molecule has 2 atom stereocenters. The molecule has 94 valence electrons. The fourth-order valence-corrected chi connectivity index (χ4v) is 3.78. The zero-order chi connectivity index (χ0) is 12.7. The molecule has 1 aromatic carbocycles. The summed E-state index contributed by atoms with van der Waals surface area (Å²) in [5.41, 5.74) is 0.653. The van der Waals surface area contributed by atoms with E-state index in [0.717, 1.165) is 9.35 Å². The van der Waals surface area contributed by atoms with Crippen molar-refractivity contribution in [2.75, 3.05) is 0 Å². The molecule has 0 radical (unpaired) electrons. The van der Waals surface area contributed by atoms with Gasteiger partial charge in [-0.3, -0.25) is 0 Å². The lowest BCUT2D eigenvalue weighted by Crippen LogP contribution is -2.18. The topological polar surface area (TPSA) is 29.5 Å². The summed E-state index contributed by atoms with van der Waals surface area (Å²) in [6.07, 6.45) is -0.366. The van der Waals surface area contributed by atoms with E-state index in [1.54, 1.807) is 17.4 Å². The van der Waals surface area contributed by atoms with Crippen molar-refractivity contribution in [2.45, 2.75) is 18.6 Å². The number of thiophene rings is 1. The van der Waals surface area contributed by atoms with Gasteiger partial charge in [-0.2, -0.15) is 0 Å². The Kier molecular flexibility index (Phi) is 3.13. The van der Waals surface area contributed by atoms with Gasteiger partial charge in [-0.1, -0.05) is 0 Å². The van der Waals surface area contributed by atoms with E-state index >= 15 is 0 Å². The molecule has 1 unspecified atom stereocenters. The molecule has 0 spiro atoms. The molecule has 0 aliphatic carbocycles. The SMILES string of the molecule is O[C@H]1CC(c2sccc2Br)Oc2cc(F)ccc21. The van der Waals surface area contributed by atoms with Gasteiger partial charge in [0.05, 0.1) is 11.0 Å². The lowest BCUT2D eigenvalue weighted by molar-refractivity contribution is 0.0668. The van der Waals surface area contributed by atoms with Crippen LogP contribution in [0.25, 0.3) is 0 Å². The second kappa shape index (κ2) is 4.64. The Labute approximate surface area is 116 Å². The maximum Gasteiger partial charge on any atom is 0.137 e. The van der Waals surface area contributed by atoms with Crippen LogP contribution in [0, 0.1) is 5.82 Å². The Morgan fingerprint density at radius 2 is 2.22 bits per heavy atom. The maximum atomic E-state index is 13.2. The Morgan fingerprint density at radius 3 is 2.94 bits per heavy atom. The fraction of sp³-hybridized carbons (Fsp3) is 0.231. The molecule has 5 heteroatoms. The lowest BCUT2D eigenvalue weighted by atomic mass is 9.98. The van der Waals surface area contributed by atoms with E-state index in [2.05, 4.69) is 15.9 Å². The normalized spacial score (nSPS) is 22.4. The highest BCUT2D eigenvalue weighted by Gasteiger charge is 2.30. The van der Waals surface area contributed by atoms with Gasteiger partial charge in [0.15, 0.2) is 0 Å². The minimum absolute atomic E-state index is 0.233. The quantitative estimate of drug-likeness (QED) is 0.849. The van der Waals surface area contributed by atoms with Gasteiger partial charge in [0.1, 0.15) is 17.7 Å². The summed E-state index contributed by atoms with van der Waals surface area (Å²) in [7, 11) is 0. The first kappa shape index (κ1) is 12.1. The van der Waals surface area contributed by atoms with Crippen LogP contribution in [0.5, 0.6) is 5.75 Å². The van der Waals surface area contributed by atoms with Crippen LogP contribution in [0.1, 0.15) is 29.1 Å². The summed E-state index contributed by atoms with van der Waals surface area (Å²) in [4.78, 5) is 1.02. The molecule has 1 aromatic heterocycles. The molecule has 2 aromatic rings. The minimum Gasteiger partial charge on any atom is -0.484 e. The van der Waals surface area contributed by atoms with Gasteiger partial charge in [-0.15, -0.1) is 11.3 Å². The van der Waals surface area contributed by atoms with Gasteiger partial charge >= 0.3 is 0 Å². The van der Waals surface area contributed by atoms with Crippen LogP contribution >= 0.6 is 27.3 Å². The molecule has 0 amide bonds. The summed E-state index contributed by atoms with van der Waals surface area (Å²) in [6, 6.07) is 6.19. The smallest absolute Gasteiger partial charge is 0.137 e. The third-order valence-electron chi connectivity index (χ3n) is 2.98. The van der Waals surface area contributed by atoms with Gasteiger partial charge in [-0.25, -0.2) is 4.39 Å². The van der Waals surface area contributed by atoms with Crippen molar-refractivity contribution in [3.63, 3.8) is 0 Å². The molecule has 1 aliphatic heterocycles. The predicted octanol–water partition coefficient (Wildman–Crippen LogP) is 4.21. The van der Waals surface area contributed by atoms with E-state index in [4.69, 9.17) is 4.74 Å². The van der Waals surface area contributed by atoms with Crippen molar-refractivity contribution in [3.8, 4) is 5.75 Å². The van der Waals surface area contributed by atoms with Crippen molar-refractivity contribution in [1.29, 1.82) is 0 Å². The zero-order valence-electron chi connectivity index (χ0n) is 9.27. The average molecular weight is 329 g/mol. The van der Waals surface area contributed by atoms with Crippen molar-refractivity contribution in [2.24, 2.45) is 0 Å². The second-order valence-electron chi connectivity index (χ2n) is 4.17. The van der Waals surface area contributed by atoms with E-state index < -0.39 is 6.10 Å². The first-order valence-electron chi connectivity index (χ1n) is 5.52. The maximum absolute atomic E-state index is 13.2. The van der Waals surface area contributed by atoms with Crippen LogP contribution in [0.15, 0.2) is 34.1 Å². The van der Waals surface area contributed by atoms with Gasteiger partial charge < -0.3 is 9.84 Å². The second-order valence-corrected chi connectivity index (χ2v) is 5.97. The van der Waals surface area contributed by atoms with E-state index in [1.165, 1.54) is 12.1 Å². The summed E-state index contributed by atoms with van der Waals surface area (Å²) in [6.45, 7) is 0. The third kappa shape index (κ3) is 2.06. The molecule has 1 aliphatic rings. The van der Waals surface area contributed by atoms with Crippen LogP contribution in [0.3, 0.4) is 0 Å². The number of ether oxygens (including phenoxy) is 1. The summed E-state index contributed by atoms with van der Waals surface area (Å²) in [5, 5.41) is 12.1. The zero-order valence-corrected chi connectivity index (χ0v) is 11.7. The predicted molar refractivity (Wildman–Crippen MR) is 71.4 cm³/mol. The van der Waals surface area contributed by atoms with Gasteiger partial charge in [-0.05, 0) is 39.5 Å². The van der Waals surface area contributed by atoms with E-state index in [9.17, 15) is 9.50 Å². The number of benzene rings is 1. The highest BCUT2D eigenvalue weighted by molar-refractivity contribution is 9.10. The molecule has 0 fully saturated rings. The standard InChI is InChI=1S/C13H10BrFO2S/c14-9-3-4-18-13(9)12-6-10(16)8-2-1-7(15)5-11(8)17-12/h1-5,10,12,16H,6H2/t10-,12?/m0/s1. The van der Waals surface area contributed by atoms with Crippen molar-refractivity contribution >= 4 is 27.3 Å². The highest BCUT2D eigenvalue weighted by Crippen LogP contribution is 2.44. The lowest BCUT2D eigenvalue weighted by Gasteiger charge is -2.29. The Balaban J connectivity index is 1.98. The molecule has 1 N–H and O–H groups in total. The number of hydrogen-bond donors (Lipinski definition) is 1. The third-order valence-corrected chi connectivity index (χ3v) is 4.94. The van der Waals surface area contributed by atoms with E-state index in [0.29, 0.717) is 17.7 Å². The Bertz CT molecular complexity index is 584. The molecule has 3 rings (SSSR count). The first-order chi connectivity index (χ1) is 8.65. The number of rotatable bonds is 1. The average Bonchev–Trinajstić information content (AvgIpc) is 2.74. The fourth-order valence-electron chi connectivity index (χ4n) is 2.11. The number of hydrogen-bond acceptors (Lipinski definition) is 3. The van der Waals surface area contributed by atoms with Crippen molar-refractivity contribution in [1.82, 2.24) is 0 Å². The minimum atomic E-state index is -0.617. The number of halogens is 2. The van der Waals surface area contributed by atoms with Crippen LogP contribution in [0.2, 0.25) is 0 Å². The highest BCUT2D eigenvalue weighted by atomic mass is 79.9. The summed E-state index contributed by atoms with van der Waals surface area (Å²) >= 11 is 5.01. The molecule has 0 saturated heterocycles. The van der Waals surface area contributed by atoms with Crippen LogP contribution in [0.4, 0.5) is 4.39 Å². The summed E-state index contributed by atoms with van der Waals surface area (Å²) in [5.74, 6) is 0.0749. The van der Waals surface area contributed by atoms with Gasteiger partial charge in [0.25, 0.3) is 0 Å². The molecule has 18 heavy (non-hydrogen) atoms. The molecule has 0 saturated carbocycles. The number of aliphatic hydroxyl groups is 1.